The van der Waals surface area contributed by atoms with Gasteiger partial charge in [-0.05, 0) is 43.2 Å². The first-order valence-corrected chi connectivity index (χ1v) is 8.86. The van der Waals surface area contributed by atoms with Gasteiger partial charge >= 0.3 is 0 Å². The predicted octanol–water partition coefficient (Wildman–Crippen LogP) is 2.98. The number of carbonyl (C=O) groups excluding carboxylic acids is 2. The molecule has 0 spiro atoms. The highest BCUT2D eigenvalue weighted by atomic mass is 16.5. The fourth-order valence-corrected chi connectivity index (χ4v) is 3.62. The van der Waals surface area contributed by atoms with Gasteiger partial charge in [-0.2, -0.15) is 0 Å². The van der Waals surface area contributed by atoms with Gasteiger partial charge in [-0.3, -0.25) is 9.59 Å². The molecule has 1 heterocycles. The lowest BCUT2D eigenvalue weighted by Crippen LogP contribution is -2.47. The van der Waals surface area contributed by atoms with Crippen molar-refractivity contribution in [2.75, 3.05) is 19.1 Å². The number of rotatable bonds is 5. The molecule has 1 aliphatic heterocycles. The molecule has 0 unspecified atom stereocenters. The van der Waals surface area contributed by atoms with Crippen LogP contribution in [0.5, 0.6) is 11.5 Å². The molecule has 2 N–H and O–H groups in total. The second-order valence-corrected chi connectivity index (χ2v) is 6.71. The molecule has 0 bridgehead atoms. The first-order valence-electron chi connectivity index (χ1n) is 8.86. The Kier molecular flexibility index (Phi) is 5.35. The van der Waals surface area contributed by atoms with Crippen molar-refractivity contribution < 1.29 is 19.1 Å². The second-order valence-electron chi connectivity index (χ2n) is 6.71. The van der Waals surface area contributed by atoms with Crippen LogP contribution in [0, 0.1) is 12.8 Å². The summed E-state index contributed by atoms with van der Waals surface area (Å²) in [6.07, 6.45) is 0.709. The maximum absolute atomic E-state index is 12.8. The molecule has 2 aromatic carbocycles. The number of benzene rings is 2. The Bertz CT molecular complexity index is 848. The highest BCUT2D eigenvalue weighted by molar-refractivity contribution is 5.97. The molecular formula is C21H24N2O4. The van der Waals surface area contributed by atoms with Gasteiger partial charge in [-0.15, -0.1) is 0 Å². The molecule has 2 aromatic rings. The van der Waals surface area contributed by atoms with Crippen molar-refractivity contribution >= 4 is 17.5 Å². The van der Waals surface area contributed by atoms with Crippen LogP contribution in [0.2, 0.25) is 0 Å². The van der Waals surface area contributed by atoms with E-state index in [0.717, 1.165) is 16.8 Å². The van der Waals surface area contributed by atoms with Gasteiger partial charge in [0.15, 0.2) is 11.5 Å². The maximum Gasteiger partial charge on any atom is 0.227 e. The third-order valence-corrected chi connectivity index (χ3v) is 5.02. The number of piperidine rings is 1. The van der Waals surface area contributed by atoms with Crippen molar-refractivity contribution in [3.8, 4) is 11.5 Å². The Balaban J connectivity index is 2.13. The molecule has 0 aromatic heterocycles. The minimum Gasteiger partial charge on any atom is -0.493 e. The molecule has 2 atom stereocenters. The molecule has 142 valence electrons. The zero-order valence-corrected chi connectivity index (χ0v) is 15.8. The Morgan fingerprint density at radius 3 is 2.33 bits per heavy atom. The number of nitrogens with zero attached hydrogens (tertiary/aromatic N) is 1. The lowest BCUT2D eigenvalue weighted by atomic mass is 9.83. The molecule has 0 radical (unpaired) electrons. The smallest absolute Gasteiger partial charge is 0.227 e. The average molecular weight is 368 g/mol. The van der Waals surface area contributed by atoms with Crippen molar-refractivity contribution in [2.24, 2.45) is 11.7 Å². The van der Waals surface area contributed by atoms with Crippen LogP contribution in [0.1, 0.15) is 30.0 Å². The minimum atomic E-state index is -0.494. The van der Waals surface area contributed by atoms with Crippen molar-refractivity contribution in [3.05, 3.63) is 53.6 Å². The standard InChI is InChI=1S/C21H24N2O4/c1-13-4-7-15(8-5-13)23-19(24)11-9-16(21(22)25)20(23)14-6-10-17(26-2)18(12-14)27-3/h4-8,10,12,16,20H,9,11H2,1-3H3,(H2,22,25)/t16-,20+/m0/s1. The monoisotopic (exact) mass is 368 g/mol. The summed E-state index contributed by atoms with van der Waals surface area (Å²) in [4.78, 5) is 26.7. The summed E-state index contributed by atoms with van der Waals surface area (Å²) in [6.45, 7) is 1.99. The SMILES string of the molecule is COc1ccc([C@@H]2[C@@H](C(N)=O)CCC(=O)N2c2ccc(C)cc2)cc1OC. The zero-order chi connectivity index (χ0) is 19.6. The first-order chi connectivity index (χ1) is 13.0. The number of amides is 2. The summed E-state index contributed by atoms with van der Waals surface area (Å²) < 4.78 is 10.7. The molecular weight excluding hydrogens is 344 g/mol. The van der Waals surface area contributed by atoms with Crippen molar-refractivity contribution in [2.45, 2.75) is 25.8 Å². The first kappa shape index (κ1) is 18.8. The summed E-state index contributed by atoms with van der Waals surface area (Å²) in [6, 6.07) is 12.6. The summed E-state index contributed by atoms with van der Waals surface area (Å²) in [5.74, 6) is 0.193. The van der Waals surface area contributed by atoms with E-state index in [1.165, 1.54) is 0 Å². The normalized spacial score (nSPS) is 19.7. The number of methoxy groups -OCH3 is 2. The lowest BCUT2D eigenvalue weighted by Gasteiger charge is -2.40. The van der Waals surface area contributed by atoms with Gasteiger partial charge in [-0.1, -0.05) is 23.8 Å². The summed E-state index contributed by atoms with van der Waals surface area (Å²) in [5, 5.41) is 0. The van der Waals surface area contributed by atoms with Gasteiger partial charge < -0.3 is 20.1 Å². The van der Waals surface area contributed by atoms with Crippen molar-refractivity contribution in [3.63, 3.8) is 0 Å². The van der Waals surface area contributed by atoms with E-state index in [0.29, 0.717) is 17.9 Å². The number of anilines is 1. The van der Waals surface area contributed by atoms with Crippen LogP contribution in [0.4, 0.5) is 5.69 Å². The zero-order valence-electron chi connectivity index (χ0n) is 15.8. The van der Waals surface area contributed by atoms with Crippen LogP contribution in [0.15, 0.2) is 42.5 Å². The summed E-state index contributed by atoms with van der Waals surface area (Å²) in [5.41, 5.74) is 8.32. The predicted molar refractivity (Wildman–Crippen MR) is 103 cm³/mol. The van der Waals surface area contributed by atoms with E-state index in [2.05, 4.69) is 0 Å². The van der Waals surface area contributed by atoms with Crippen molar-refractivity contribution in [1.29, 1.82) is 0 Å². The van der Waals surface area contributed by atoms with E-state index in [1.807, 2.05) is 37.3 Å². The van der Waals surface area contributed by atoms with Crippen LogP contribution >= 0.6 is 0 Å². The number of carbonyl (C=O) groups is 2. The van der Waals surface area contributed by atoms with E-state index >= 15 is 0 Å². The van der Waals surface area contributed by atoms with Gasteiger partial charge in [-0.25, -0.2) is 0 Å². The van der Waals surface area contributed by atoms with Gasteiger partial charge in [0.25, 0.3) is 0 Å². The largest absolute Gasteiger partial charge is 0.493 e. The van der Waals surface area contributed by atoms with Crippen LogP contribution in [-0.4, -0.2) is 26.0 Å². The number of nitrogens with two attached hydrogens (primary N) is 1. The van der Waals surface area contributed by atoms with Gasteiger partial charge in [0, 0.05) is 12.1 Å². The fourth-order valence-electron chi connectivity index (χ4n) is 3.62. The molecule has 3 rings (SSSR count). The van der Waals surface area contributed by atoms with Crippen LogP contribution in [-0.2, 0) is 9.59 Å². The quantitative estimate of drug-likeness (QED) is 0.880. The number of hydrogen-bond donors (Lipinski definition) is 1. The van der Waals surface area contributed by atoms with Gasteiger partial charge in [0.1, 0.15) is 0 Å². The third kappa shape index (κ3) is 3.60. The summed E-state index contributed by atoms with van der Waals surface area (Å²) >= 11 is 0. The molecule has 2 amide bonds. The number of hydrogen-bond acceptors (Lipinski definition) is 4. The van der Waals surface area contributed by atoms with Crippen molar-refractivity contribution in [1.82, 2.24) is 0 Å². The highest BCUT2D eigenvalue weighted by Gasteiger charge is 2.40. The summed E-state index contributed by atoms with van der Waals surface area (Å²) in [7, 11) is 3.11. The van der Waals surface area contributed by atoms with Crippen LogP contribution < -0.4 is 20.1 Å². The second kappa shape index (κ2) is 7.70. The molecule has 1 aliphatic rings. The maximum atomic E-state index is 12.8. The molecule has 0 aliphatic carbocycles. The van der Waals surface area contributed by atoms with E-state index in [4.69, 9.17) is 15.2 Å². The molecule has 0 saturated carbocycles. The highest BCUT2D eigenvalue weighted by Crippen LogP contribution is 2.42. The Morgan fingerprint density at radius 1 is 1.07 bits per heavy atom. The number of primary amides is 1. The molecule has 6 nitrogen and oxygen atoms in total. The van der Waals surface area contributed by atoms with E-state index in [1.54, 1.807) is 31.3 Å². The molecule has 27 heavy (non-hydrogen) atoms. The average Bonchev–Trinajstić information content (AvgIpc) is 2.67. The van der Waals surface area contributed by atoms with E-state index < -0.39 is 17.9 Å². The minimum absolute atomic E-state index is 0.0314. The number of aryl methyl sites for hydroxylation is 1. The van der Waals surface area contributed by atoms with E-state index in [9.17, 15) is 9.59 Å². The van der Waals surface area contributed by atoms with Gasteiger partial charge in [0.05, 0.1) is 26.2 Å². The lowest BCUT2D eigenvalue weighted by molar-refractivity contribution is -0.127. The molecule has 1 saturated heterocycles. The molecule has 6 heteroatoms. The van der Waals surface area contributed by atoms with Crippen LogP contribution in [0.3, 0.4) is 0 Å². The van der Waals surface area contributed by atoms with Gasteiger partial charge in [0.2, 0.25) is 11.8 Å². The molecule has 1 fully saturated rings. The van der Waals surface area contributed by atoms with E-state index in [-0.39, 0.29) is 12.3 Å². The number of ether oxygens (including phenoxy) is 2. The Labute approximate surface area is 158 Å². The fraction of sp³-hybridized carbons (Fsp3) is 0.333. The Morgan fingerprint density at radius 2 is 1.74 bits per heavy atom. The third-order valence-electron chi connectivity index (χ3n) is 5.02. The van der Waals surface area contributed by atoms with Crippen LogP contribution in [0.25, 0.3) is 0 Å². The Hall–Kier alpha value is -3.02. The topological polar surface area (TPSA) is 81.9 Å².